The predicted molar refractivity (Wildman–Crippen MR) is 85.7 cm³/mol. The topological polar surface area (TPSA) is 122 Å². The number of phenols is 2. The van der Waals surface area contributed by atoms with Crippen LogP contribution in [0.4, 0.5) is 5.69 Å². The molecule has 0 spiro atoms. The summed E-state index contributed by atoms with van der Waals surface area (Å²) in [7, 11) is 0. The Bertz CT molecular complexity index is 788. The van der Waals surface area contributed by atoms with Crippen molar-refractivity contribution in [1.29, 1.82) is 0 Å². The molecule has 0 aliphatic carbocycles. The van der Waals surface area contributed by atoms with Crippen LogP contribution in [0.25, 0.3) is 6.08 Å². The molecule has 8 heteroatoms. The van der Waals surface area contributed by atoms with Gasteiger partial charge >= 0.3 is 0 Å². The van der Waals surface area contributed by atoms with Gasteiger partial charge in [-0.2, -0.15) is 0 Å². The lowest BCUT2D eigenvalue weighted by Crippen LogP contribution is -2.08. The van der Waals surface area contributed by atoms with Gasteiger partial charge in [0.25, 0.3) is 5.09 Å². The zero-order chi connectivity index (χ0) is 17.5. The zero-order valence-corrected chi connectivity index (χ0v) is 12.4. The smallest absolute Gasteiger partial charge is 0.294 e. The Morgan fingerprint density at radius 1 is 1.21 bits per heavy atom. The molecule has 0 atom stereocenters. The standard InChI is InChI=1S/C16H14N2O6/c19-14-6-4-11(9-15(14)20)5-7-16(21)17-13-3-1-2-12(8-13)10-24-18(22)23/h1-9,19-20H,10H2,(H,17,21)/b7-5+. The van der Waals surface area contributed by atoms with Crippen LogP contribution in [0.2, 0.25) is 0 Å². The van der Waals surface area contributed by atoms with Crippen LogP contribution < -0.4 is 5.32 Å². The predicted octanol–water partition coefficient (Wildman–Crippen LogP) is 2.46. The average Bonchev–Trinajstić information content (AvgIpc) is 2.54. The summed E-state index contributed by atoms with van der Waals surface area (Å²) in [5.74, 6) is -0.948. The number of aromatic hydroxyl groups is 2. The highest BCUT2D eigenvalue weighted by Gasteiger charge is 2.03. The van der Waals surface area contributed by atoms with Crippen LogP contribution >= 0.6 is 0 Å². The Morgan fingerprint density at radius 2 is 2.00 bits per heavy atom. The number of carbonyl (C=O) groups is 1. The maximum absolute atomic E-state index is 11.9. The first-order chi connectivity index (χ1) is 11.4. The molecule has 8 nitrogen and oxygen atoms in total. The Morgan fingerprint density at radius 3 is 2.71 bits per heavy atom. The molecule has 0 radical (unpaired) electrons. The highest BCUT2D eigenvalue weighted by Crippen LogP contribution is 2.25. The second-order valence-corrected chi connectivity index (χ2v) is 4.77. The number of nitrogens with one attached hydrogen (secondary N) is 1. The minimum Gasteiger partial charge on any atom is -0.504 e. The molecule has 0 aliphatic heterocycles. The van der Waals surface area contributed by atoms with E-state index in [2.05, 4.69) is 10.2 Å². The second-order valence-electron chi connectivity index (χ2n) is 4.77. The molecule has 0 saturated carbocycles. The summed E-state index contributed by atoms with van der Waals surface area (Å²) in [6.07, 6.45) is 2.72. The summed E-state index contributed by atoms with van der Waals surface area (Å²) in [6, 6.07) is 10.6. The van der Waals surface area contributed by atoms with E-state index >= 15 is 0 Å². The van der Waals surface area contributed by atoms with Gasteiger partial charge in [-0.3, -0.25) is 4.79 Å². The Balaban J connectivity index is 1.98. The number of hydrogen-bond acceptors (Lipinski definition) is 6. The molecule has 0 unspecified atom stereocenters. The molecule has 2 aromatic carbocycles. The number of anilines is 1. The van der Waals surface area contributed by atoms with Crippen molar-refractivity contribution in [3.05, 3.63) is 69.8 Å². The third-order valence-corrected chi connectivity index (χ3v) is 2.96. The van der Waals surface area contributed by atoms with Gasteiger partial charge in [0.2, 0.25) is 5.91 Å². The molecule has 2 aromatic rings. The SMILES string of the molecule is O=C(/C=C/c1ccc(O)c(O)c1)Nc1cccc(CO[N+](=O)[O-])c1. The van der Waals surface area contributed by atoms with E-state index in [4.69, 9.17) is 0 Å². The van der Waals surface area contributed by atoms with Crippen LogP contribution in [0, 0.1) is 10.1 Å². The van der Waals surface area contributed by atoms with Gasteiger partial charge in [0.05, 0.1) is 0 Å². The molecule has 24 heavy (non-hydrogen) atoms. The minimum absolute atomic E-state index is 0.209. The molecule has 0 bridgehead atoms. The van der Waals surface area contributed by atoms with E-state index in [-0.39, 0.29) is 18.1 Å². The molecule has 2 rings (SSSR count). The Kier molecular flexibility index (Phi) is 5.35. The molecule has 1 amide bonds. The van der Waals surface area contributed by atoms with Crippen molar-refractivity contribution in [2.45, 2.75) is 6.61 Å². The molecule has 0 aromatic heterocycles. The summed E-state index contributed by atoms with van der Waals surface area (Å²) in [4.78, 5) is 26.3. The van der Waals surface area contributed by atoms with Gasteiger partial charge in [0.1, 0.15) is 6.61 Å². The van der Waals surface area contributed by atoms with Crippen LogP contribution in [0.15, 0.2) is 48.5 Å². The normalized spacial score (nSPS) is 10.5. The van der Waals surface area contributed by atoms with Crippen molar-refractivity contribution in [2.75, 3.05) is 5.32 Å². The van der Waals surface area contributed by atoms with E-state index in [1.165, 1.54) is 30.4 Å². The fraction of sp³-hybridized carbons (Fsp3) is 0.0625. The Labute approximate surface area is 136 Å². The fourth-order valence-corrected chi connectivity index (χ4v) is 1.87. The van der Waals surface area contributed by atoms with E-state index in [1.807, 2.05) is 0 Å². The first-order valence-electron chi connectivity index (χ1n) is 6.81. The molecule has 0 aliphatic rings. The van der Waals surface area contributed by atoms with Gasteiger partial charge in [-0.25, -0.2) is 0 Å². The second kappa shape index (κ2) is 7.63. The highest BCUT2D eigenvalue weighted by molar-refractivity contribution is 6.02. The first-order valence-corrected chi connectivity index (χ1v) is 6.81. The lowest BCUT2D eigenvalue weighted by Gasteiger charge is -2.05. The molecule has 124 valence electrons. The molecular formula is C16H14N2O6. The number of rotatable bonds is 6. The van der Waals surface area contributed by atoms with Crippen molar-refractivity contribution in [1.82, 2.24) is 0 Å². The van der Waals surface area contributed by atoms with E-state index in [0.29, 0.717) is 16.8 Å². The molecular weight excluding hydrogens is 316 g/mol. The fourth-order valence-electron chi connectivity index (χ4n) is 1.87. The number of benzene rings is 2. The van der Waals surface area contributed by atoms with Gasteiger partial charge in [0, 0.05) is 11.8 Å². The van der Waals surface area contributed by atoms with Crippen molar-refractivity contribution < 1.29 is 24.9 Å². The van der Waals surface area contributed by atoms with Crippen molar-refractivity contribution >= 4 is 17.7 Å². The summed E-state index contributed by atoms with van der Waals surface area (Å²) in [5, 5.41) is 30.5. The lowest BCUT2D eigenvalue weighted by atomic mass is 10.2. The van der Waals surface area contributed by atoms with Gasteiger partial charge < -0.3 is 20.4 Å². The van der Waals surface area contributed by atoms with Crippen molar-refractivity contribution in [2.24, 2.45) is 0 Å². The third-order valence-electron chi connectivity index (χ3n) is 2.96. The summed E-state index contributed by atoms with van der Waals surface area (Å²) >= 11 is 0. The molecule has 0 saturated heterocycles. The quantitative estimate of drug-likeness (QED) is 0.324. The number of amides is 1. The molecule has 3 N–H and O–H groups in total. The van der Waals surface area contributed by atoms with Gasteiger partial charge in [-0.05, 0) is 41.5 Å². The van der Waals surface area contributed by atoms with Gasteiger partial charge in [-0.1, -0.05) is 18.2 Å². The summed E-state index contributed by atoms with van der Waals surface area (Å²) in [5.41, 5.74) is 1.54. The zero-order valence-electron chi connectivity index (χ0n) is 12.4. The molecule has 0 fully saturated rings. The average molecular weight is 330 g/mol. The summed E-state index contributed by atoms with van der Waals surface area (Å²) < 4.78 is 0. The van der Waals surface area contributed by atoms with Crippen LogP contribution in [0.1, 0.15) is 11.1 Å². The van der Waals surface area contributed by atoms with Crippen molar-refractivity contribution in [3.63, 3.8) is 0 Å². The summed E-state index contributed by atoms with van der Waals surface area (Å²) in [6.45, 7) is -0.209. The Hall–Kier alpha value is -3.55. The third kappa shape index (κ3) is 5.02. The van der Waals surface area contributed by atoms with E-state index in [9.17, 15) is 25.1 Å². The van der Waals surface area contributed by atoms with Crippen LogP contribution in [0.3, 0.4) is 0 Å². The van der Waals surface area contributed by atoms with E-state index in [0.717, 1.165) is 0 Å². The van der Waals surface area contributed by atoms with E-state index < -0.39 is 11.0 Å². The van der Waals surface area contributed by atoms with Crippen LogP contribution in [0.5, 0.6) is 11.5 Å². The largest absolute Gasteiger partial charge is 0.504 e. The highest BCUT2D eigenvalue weighted by atomic mass is 16.9. The van der Waals surface area contributed by atoms with E-state index in [1.54, 1.807) is 24.3 Å². The van der Waals surface area contributed by atoms with Gasteiger partial charge in [-0.15, -0.1) is 10.1 Å². The minimum atomic E-state index is -0.888. The van der Waals surface area contributed by atoms with Crippen LogP contribution in [-0.2, 0) is 16.2 Å². The van der Waals surface area contributed by atoms with Crippen molar-refractivity contribution in [3.8, 4) is 11.5 Å². The molecule has 0 heterocycles. The number of nitrogens with zero attached hydrogens (tertiary/aromatic N) is 1. The number of phenolic OH excluding ortho intramolecular Hbond substituents is 2. The monoisotopic (exact) mass is 330 g/mol. The lowest BCUT2D eigenvalue weighted by molar-refractivity contribution is -0.763. The maximum atomic E-state index is 11.9. The first kappa shape index (κ1) is 16.8. The number of hydrogen-bond donors (Lipinski definition) is 3. The maximum Gasteiger partial charge on any atom is 0.294 e. The number of carbonyl (C=O) groups excluding carboxylic acids is 1. The van der Waals surface area contributed by atoms with Crippen LogP contribution in [-0.4, -0.2) is 21.2 Å². The van der Waals surface area contributed by atoms with Gasteiger partial charge in [0.15, 0.2) is 11.5 Å².